The lowest BCUT2D eigenvalue weighted by Gasteiger charge is -2.29. The Hall–Kier alpha value is -5.29. The predicted molar refractivity (Wildman–Crippen MR) is 190 cm³/mol. The van der Waals surface area contributed by atoms with E-state index in [0.717, 1.165) is 21.9 Å². The summed E-state index contributed by atoms with van der Waals surface area (Å²) in [6.45, 7) is 5.72. The summed E-state index contributed by atoms with van der Waals surface area (Å²) in [6, 6.07) is 23.1. The van der Waals surface area contributed by atoms with E-state index in [1.165, 1.54) is 0 Å². The Balaban J connectivity index is 1.59. The molecule has 4 atom stereocenters. The molecule has 3 aromatic carbocycles. The number of nitrogens with zero attached hydrogens (tertiary/aromatic N) is 1. The van der Waals surface area contributed by atoms with Crippen molar-refractivity contribution in [1.82, 2.24) is 20.9 Å². The average molecular weight is 683 g/mol. The number of aliphatic hydroxyl groups excluding tert-OH is 1. The molecule has 0 spiro atoms. The van der Waals surface area contributed by atoms with E-state index in [9.17, 15) is 24.3 Å². The van der Waals surface area contributed by atoms with Crippen molar-refractivity contribution < 1.29 is 33.8 Å². The number of ether oxygens (including phenoxy) is 2. The zero-order chi connectivity index (χ0) is 35.9. The molecule has 50 heavy (non-hydrogen) atoms. The van der Waals surface area contributed by atoms with Crippen LogP contribution in [0.15, 0.2) is 97.3 Å². The molecule has 4 rings (SSSR count). The molecule has 0 aliphatic heterocycles. The zero-order valence-electron chi connectivity index (χ0n) is 28.7. The lowest BCUT2D eigenvalue weighted by Crippen LogP contribution is -2.57. The number of esters is 1. The van der Waals surface area contributed by atoms with Crippen LogP contribution < -0.4 is 16.0 Å². The molecule has 0 saturated heterocycles. The number of alkyl carbamates (subject to hydrolysis) is 1. The van der Waals surface area contributed by atoms with Crippen LogP contribution >= 0.6 is 0 Å². The van der Waals surface area contributed by atoms with Crippen molar-refractivity contribution in [2.75, 3.05) is 6.61 Å². The van der Waals surface area contributed by atoms with Crippen LogP contribution in [0.3, 0.4) is 0 Å². The van der Waals surface area contributed by atoms with Crippen molar-refractivity contribution in [2.45, 2.75) is 77.3 Å². The highest BCUT2D eigenvalue weighted by Gasteiger charge is 2.32. The SMILES string of the molecule is CCOC(=O)C[C@H](O)[C@H](CC(C)C)NC(=O)C(Cc1cccnc1)NC(=O)[C@H](Cc1cccc2ccccc12)NC(=O)OCc1ccccc1. The van der Waals surface area contributed by atoms with Gasteiger partial charge in [-0.3, -0.25) is 19.4 Å². The normalized spacial score (nSPS) is 13.5. The fourth-order valence-electron chi connectivity index (χ4n) is 5.68. The number of fused-ring (bicyclic) bond motifs is 1. The first-order valence-electron chi connectivity index (χ1n) is 16.9. The lowest BCUT2D eigenvalue weighted by atomic mass is 9.96. The van der Waals surface area contributed by atoms with Gasteiger partial charge in [-0.2, -0.15) is 0 Å². The van der Waals surface area contributed by atoms with Crippen molar-refractivity contribution in [1.29, 1.82) is 0 Å². The number of amides is 3. The maximum Gasteiger partial charge on any atom is 0.408 e. The van der Waals surface area contributed by atoms with Gasteiger partial charge in [0.15, 0.2) is 0 Å². The van der Waals surface area contributed by atoms with E-state index in [1.54, 1.807) is 31.5 Å². The minimum absolute atomic E-state index is 0.00663. The molecule has 3 amide bonds. The molecule has 1 heterocycles. The van der Waals surface area contributed by atoms with E-state index >= 15 is 0 Å². The van der Waals surface area contributed by atoms with E-state index in [2.05, 4.69) is 20.9 Å². The molecule has 1 unspecified atom stereocenters. The fraction of sp³-hybridized carbons (Fsp3) is 0.359. The first-order chi connectivity index (χ1) is 24.1. The molecule has 0 fully saturated rings. The van der Waals surface area contributed by atoms with Crippen molar-refractivity contribution in [3.63, 3.8) is 0 Å². The molecule has 1 aromatic heterocycles. The predicted octanol–water partition coefficient (Wildman–Crippen LogP) is 4.64. The number of hydrogen-bond acceptors (Lipinski definition) is 8. The van der Waals surface area contributed by atoms with E-state index < -0.39 is 48.1 Å². The third-order valence-corrected chi connectivity index (χ3v) is 8.12. The number of rotatable bonds is 17. The minimum Gasteiger partial charge on any atom is -0.466 e. The first kappa shape index (κ1) is 37.5. The van der Waals surface area contributed by atoms with Gasteiger partial charge < -0.3 is 30.5 Å². The second-order valence-electron chi connectivity index (χ2n) is 12.5. The summed E-state index contributed by atoms with van der Waals surface area (Å²) < 4.78 is 10.5. The molecule has 4 N–H and O–H groups in total. The van der Waals surface area contributed by atoms with E-state index in [1.807, 2.05) is 86.6 Å². The number of hydrogen-bond donors (Lipinski definition) is 4. The number of aliphatic hydroxyl groups is 1. The maximum atomic E-state index is 14.1. The number of nitrogens with one attached hydrogen (secondary N) is 3. The topological polar surface area (TPSA) is 156 Å². The Morgan fingerprint density at radius 1 is 0.760 bits per heavy atom. The van der Waals surface area contributed by atoms with Gasteiger partial charge in [-0.15, -0.1) is 0 Å². The van der Waals surface area contributed by atoms with Gasteiger partial charge in [-0.1, -0.05) is 92.7 Å². The first-order valence-corrected chi connectivity index (χ1v) is 16.9. The number of carbonyl (C=O) groups excluding carboxylic acids is 4. The Morgan fingerprint density at radius 2 is 1.44 bits per heavy atom. The molecule has 0 radical (unpaired) electrons. The average Bonchev–Trinajstić information content (AvgIpc) is 3.10. The second-order valence-corrected chi connectivity index (χ2v) is 12.5. The molecule has 11 nitrogen and oxygen atoms in total. The molecule has 0 aliphatic carbocycles. The largest absolute Gasteiger partial charge is 0.466 e. The number of pyridine rings is 1. The highest BCUT2D eigenvalue weighted by atomic mass is 16.5. The second kappa shape index (κ2) is 19.0. The molecule has 4 aromatic rings. The van der Waals surface area contributed by atoms with Crippen molar-refractivity contribution >= 4 is 34.6 Å². The molecule has 0 aliphatic rings. The molecule has 11 heteroatoms. The third kappa shape index (κ3) is 11.7. The van der Waals surface area contributed by atoms with E-state index in [-0.39, 0.29) is 38.4 Å². The van der Waals surface area contributed by atoms with Crippen LogP contribution in [0.25, 0.3) is 10.8 Å². The van der Waals surface area contributed by atoms with Gasteiger partial charge >= 0.3 is 12.1 Å². The van der Waals surface area contributed by atoms with Crippen molar-refractivity contribution in [3.8, 4) is 0 Å². The highest BCUT2D eigenvalue weighted by Crippen LogP contribution is 2.20. The quantitative estimate of drug-likeness (QED) is 0.117. The van der Waals surface area contributed by atoms with Crippen LogP contribution in [-0.4, -0.2) is 64.8 Å². The summed E-state index contributed by atoms with van der Waals surface area (Å²) in [6.07, 6.45) is 1.46. The third-order valence-electron chi connectivity index (χ3n) is 8.12. The molecule has 264 valence electrons. The van der Waals surface area contributed by atoms with Gasteiger partial charge in [0.25, 0.3) is 0 Å². The van der Waals surface area contributed by atoms with Crippen LogP contribution in [0, 0.1) is 5.92 Å². The number of aromatic nitrogens is 1. The monoisotopic (exact) mass is 682 g/mol. The molecule has 0 saturated carbocycles. The highest BCUT2D eigenvalue weighted by molar-refractivity contribution is 5.93. The molecular formula is C39H46N4O7. The number of benzene rings is 3. The Kier molecular flexibility index (Phi) is 14.3. The van der Waals surface area contributed by atoms with Crippen LogP contribution in [0.2, 0.25) is 0 Å². The number of carbonyl (C=O) groups is 4. The molecular weight excluding hydrogens is 636 g/mol. The van der Waals surface area contributed by atoms with Crippen LogP contribution in [0.5, 0.6) is 0 Å². The standard InChI is InChI=1S/C39H46N4O7/c1-4-49-36(45)23-35(44)32(20-26(2)3)41-37(46)33(21-28-14-11-19-40-24-28)42-38(47)34(43-39(48)50-25-27-12-6-5-7-13-27)22-30-17-10-16-29-15-8-9-18-31(29)30/h5-19,24,26,32-35,44H,4,20-23,25H2,1-3H3,(H,41,46)(H,42,47)(H,43,48)/t32-,33?,34-,35-/m0/s1. The minimum atomic E-state index is -1.21. The van der Waals surface area contributed by atoms with Gasteiger partial charge in [-0.05, 0) is 52.8 Å². The summed E-state index contributed by atoms with van der Waals surface area (Å²) in [5.74, 6) is -1.68. The fourth-order valence-corrected chi connectivity index (χ4v) is 5.68. The lowest BCUT2D eigenvalue weighted by molar-refractivity contribution is -0.146. The van der Waals surface area contributed by atoms with E-state index in [0.29, 0.717) is 12.0 Å². The van der Waals surface area contributed by atoms with Gasteiger partial charge in [-0.25, -0.2) is 4.79 Å². The maximum absolute atomic E-state index is 14.1. The van der Waals surface area contributed by atoms with Gasteiger partial charge in [0.2, 0.25) is 11.8 Å². The summed E-state index contributed by atoms with van der Waals surface area (Å²) in [5, 5.41) is 21.3. The smallest absolute Gasteiger partial charge is 0.408 e. The van der Waals surface area contributed by atoms with E-state index in [4.69, 9.17) is 9.47 Å². The van der Waals surface area contributed by atoms with Crippen LogP contribution in [0.1, 0.15) is 50.3 Å². The Morgan fingerprint density at radius 3 is 2.16 bits per heavy atom. The van der Waals surface area contributed by atoms with Gasteiger partial charge in [0, 0.05) is 25.2 Å². The zero-order valence-corrected chi connectivity index (χ0v) is 28.7. The van der Waals surface area contributed by atoms with Gasteiger partial charge in [0.1, 0.15) is 18.7 Å². The van der Waals surface area contributed by atoms with Crippen molar-refractivity contribution in [2.24, 2.45) is 5.92 Å². The summed E-state index contributed by atoms with van der Waals surface area (Å²) >= 11 is 0. The Labute approximate surface area is 292 Å². The summed E-state index contributed by atoms with van der Waals surface area (Å²) in [4.78, 5) is 57.5. The Bertz CT molecular complexity index is 1700. The van der Waals surface area contributed by atoms with Crippen LogP contribution in [0.4, 0.5) is 4.79 Å². The summed E-state index contributed by atoms with van der Waals surface area (Å²) in [5.41, 5.74) is 2.28. The summed E-state index contributed by atoms with van der Waals surface area (Å²) in [7, 11) is 0. The van der Waals surface area contributed by atoms with Crippen molar-refractivity contribution in [3.05, 3.63) is 114 Å². The van der Waals surface area contributed by atoms with Crippen LogP contribution in [-0.2, 0) is 43.3 Å². The molecule has 0 bridgehead atoms. The van der Waals surface area contributed by atoms with Gasteiger partial charge in [0.05, 0.1) is 25.2 Å².